The van der Waals surface area contributed by atoms with Crippen LogP contribution >= 0.6 is 0 Å². The molecule has 10 heteroatoms. The van der Waals surface area contributed by atoms with E-state index in [0.29, 0.717) is 72.6 Å². The van der Waals surface area contributed by atoms with Crippen LogP contribution in [0.1, 0.15) is 47.8 Å². The Bertz CT molecular complexity index is 2170. The van der Waals surface area contributed by atoms with Crippen LogP contribution in [0.3, 0.4) is 0 Å². The molecule has 0 atom stereocenters. The Labute approximate surface area is 336 Å². The first-order chi connectivity index (χ1) is 28.3. The Morgan fingerprint density at radius 2 is 0.638 bits per heavy atom. The number of aromatic hydroxyl groups is 3. The fourth-order valence-corrected chi connectivity index (χ4v) is 6.20. The van der Waals surface area contributed by atoms with Gasteiger partial charge in [-0.1, -0.05) is 91.0 Å². The number of nitrogens with zero attached hydrogens (tertiary/aromatic N) is 4. The summed E-state index contributed by atoms with van der Waals surface area (Å²) in [7, 11) is 0. The first-order valence-corrected chi connectivity index (χ1v) is 18.7. The van der Waals surface area contributed by atoms with Crippen molar-refractivity contribution in [1.82, 2.24) is 4.90 Å². The molecule has 3 N–H and O–H groups in total. The highest BCUT2D eigenvalue weighted by Crippen LogP contribution is 2.28. The summed E-state index contributed by atoms with van der Waals surface area (Å²) < 4.78 is 0. The molecule has 0 spiro atoms. The molecular weight excluding hydrogens is 729 g/mol. The normalized spacial score (nSPS) is 11.5. The van der Waals surface area contributed by atoms with Crippen molar-refractivity contribution in [3.63, 3.8) is 0 Å². The maximum Gasteiger partial charge on any atom is 0.150 e. The molecule has 0 aliphatic heterocycles. The van der Waals surface area contributed by atoms with E-state index in [1.807, 2.05) is 72.8 Å². The molecule has 0 radical (unpaired) electrons. The van der Waals surface area contributed by atoms with E-state index >= 15 is 0 Å². The van der Waals surface area contributed by atoms with Gasteiger partial charge in [0, 0.05) is 71.7 Å². The smallest absolute Gasteiger partial charge is 0.150 e. The van der Waals surface area contributed by atoms with Crippen molar-refractivity contribution in [2.24, 2.45) is 15.0 Å². The van der Waals surface area contributed by atoms with Crippen molar-refractivity contribution < 1.29 is 29.7 Å². The Morgan fingerprint density at radius 3 is 0.897 bits per heavy atom. The third-order valence-corrected chi connectivity index (χ3v) is 9.55. The average Bonchev–Trinajstić information content (AvgIpc) is 3.26. The summed E-state index contributed by atoms with van der Waals surface area (Å²) in [4.78, 5) is 49.3. The summed E-state index contributed by atoms with van der Waals surface area (Å²) in [5, 5.41) is 31.7. The number of carbonyl (C=O) groups is 3. The summed E-state index contributed by atoms with van der Waals surface area (Å²) in [6.45, 7) is 3.02. The monoisotopic (exact) mass is 770 g/mol. The van der Waals surface area contributed by atoms with Crippen LogP contribution in [0.4, 0.5) is 0 Å². The molecule has 0 fully saturated rings. The largest absolute Gasteiger partial charge is 0.507 e. The van der Waals surface area contributed by atoms with E-state index in [-0.39, 0.29) is 17.2 Å². The van der Waals surface area contributed by atoms with Crippen LogP contribution in [-0.2, 0) is 0 Å². The SMILES string of the molecule is O=Cc1ccc(-c2ccc(O)c(C=NCCN(CCN=Cc3cc(-c4ccc(C=O)cc4)ccc3O)CCN=Cc3cc(-c4ccc(C=O)cc4)ccc3O)c2)cc1. The van der Waals surface area contributed by atoms with Gasteiger partial charge in [-0.25, -0.2) is 0 Å². The molecule has 0 aliphatic carbocycles. The molecule has 0 unspecified atom stereocenters. The molecule has 6 aromatic rings. The van der Waals surface area contributed by atoms with Gasteiger partial charge >= 0.3 is 0 Å². The zero-order chi connectivity index (χ0) is 40.7. The van der Waals surface area contributed by atoms with Crippen molar-refractivity contribution in [3.8, 4) is 50.6 Å². The number of benzene rings is 6. The molecule has 0 heterocycles. The molecule has 6 aromatic carbocycles. The van der Waals surface area contributed by atoms with Gasteiger partial charge in [0.1, 0.15) is 36.1 Å². The number of aldehydes is 3. The first-order valence-electron chi connectivity index (χ1n) is 18.7. The lowest BCUT2D eigenvalue weighted by Crippen LogP contribution is -2.31. The van der Waals surface area contributed by atoms with Gasteiger partial charge in [0.2, 0.25) is 0 Å². The van der Waals surface area contributed by atoms with E-state index in [2.05, 4.69) is 19.9 Å². The molecule has 0 aromatic heterocycles. The fraction of sp³-hybridized carbons (Fsp3) is 0.125. The van der Waals surface area contributed by atoms with Crippen molar-refractivity contribution in [2.75, 3.05) is 39.3 Å². The van der Waals surface area contributed by atoms with Gasteiger partial charge < -0.3 is 15.3 Å². The fourth-order valence-electron chi connectivity index (χ4n) is 6.20. The highest BCUT2D eigenvalue weighted by molar-refractivity contribution is 5.88. The highest BCUT2D eigenvalue weighted by Gasteiger charge is 2.08. The standard InChI is InChI=1S/C48H42N4O6/c53-31-34-1-7-37(8-2-34)40-13-16-46(56)43(25-40)28-49-19-22-52(23-20-50-29-44-26-41(14-17-47(44)57)38-9-3-35(32-54)4-10-38)24-21-51-30-45-27-42(15-18-48(45)58)39-11-5-36(33-55)6-12-39/h1-18,25-33,56-58H,19-24H2. The first kappa shape index (κ1) is 40.4. The summed E-state index contributed by atoms with van der Waals surface area (Å²) in [6.07, 6.45) is 7.35. The second-order valence-corrected chi connectivity index (χ2v) is 13.5. The molecule has 0 aliphatic rings. The van der Waals surface area contributed by atoms with E-state index in [9.17, 15) is 29.7 Å². The van der Waals surface area contributed by atoms with Crippen LogP contribution in [0.2, 0.25) is 0 Å². The minimum absolute atomic E-state index is 0.105. The molecule has 6 rings (SSSR count). The minimum Gasteiger partial charge on any atom is -0.507 e. The van der Waals surface area contributed by atoms with Crippen LogP contribution in [0.5, 0.6) is 17.2 Å². The molecule has 58 heavy (non-hydrogen) atoms. The number of phenols is 3. The predicted octanol–water partition coefficient (Wildman–Crippen LogP) is 8.20. The molecule has 0 bridgehead atoms. The van der Waals surface area contributed by atoms with E-state index in [1.54, 1.807) is 73.2 Å². The van der Waals surface area contributed by atoms with E-state index in [1.165, 1.54) is 0 Å². The number of hydrogen-bond acceptors (Lipinski definition) is 10. The number of phenolic OH excluding ortho intramolecular Hbond substituents is 3. The molecule has 0 amide bonds. The lowest BCUT2D eigenvalue weighted by atomic mass is 10.0. The van der Waals surface area contributed by atoms with Crippen LogP contribution in [0.25, 0.3) is 33.4 Å². The van der Waals surface area contributed by atoms with Crippen molar-refractivity contribution in [1.29, 1.82) is 0 Å². The summed E-state index contributed by atoms with van der Waals surface area (Å²) in [5.41, 5.74) is 8.85. The third-order valence-electron chi connectivity index (χ3n) is 9.55. The van der Waals surface area contributed by atoms with Crippen LogP contribution in [-0.4, -0.2) is 97.0 Å². The minimum atomic E-state index is 0.105. The maximum absolute atomic E-state index is 11.1. The van der Waals surface area contributed by atoms with E-state index in [0.717, 1.165) is 52.2 Å². The Kier molecular flexibility index (Phi) is 13.9. The van der Waals surface area contributed by atoms with Gasteiger partial charge in [-0.05, 0) is 69.8 Å². The van der Waals surface area contributed by atoms with Crippen LogP contribution in [0.15, 0.2) is 142 Å². The van der Waals surface area contributed by atoms with Gasteiger partial charge in [0.15, 0.2) is 0 Å². The van der Waals surface area contributed by atoms with Gasteiger partial charge in [-0.3, -0.25) is 34.3 Å². The van der Waals surface area contributed by atoms with Crippen LogP contribution < -0.4 is 0 Å². The zero-order valence-electron chi connectivity index (χ0n) is 31.7. The van der Waals surface area contributed by atoms with Gasteiger partial charge in [0.05, 0.1) is 19.6 Å². The Balaban J connectivity index is 1.12. The van der Waals surface area contributed by atoms with Gasteiger partial charge in [-0.2, -0.15) is 0 Å². The van der Waals surface area contributed by atoms with Gasteiger partial charge in [-0.15, -0.1) is 0 Å². The number of carbonyl (C=O) groups excluding carboxylic acids is 3. The molecule has 0 saturated heterocycles. The predicted molar refractivity (Wildman–Crippen MR) is 231 cm³/mol. The third kappa shape index (κ3) is 10.9. The summed E-state index contributed by atoms with van der Waals surface area (Å²) in [6, 6.07) is 37.5. The molecule has 10 nitrogen and oxygen atoms in total. The second kappa shape index (κ2) is 20.0. The van der Waals surface area contributed by atoms with Crippen molar-refractivity contribution >= 4 is 37.5 Å². The molecule has 290 valence electrons. The molecular formula is C48H42N4O6. The number of rotatable bonds is 18. The lowest BCUT2D eigenvalue weighted by Gasteiger charge is -2.19. The topological polar surface area (TPSA) is 152 Å². The number of hydrogen-bond donors (Lipinski definition) is 3. The second-order valence-electron chi connectivity index (χ2n) is 13.5. The van der Waals surface area contributed by atoms with E-state index < -0.39 is 0 Å². The number of aliphatic imine (C=N–C) groups is 3. The quantitative estimate of drug-likeness (QED) is 0.0589. The summed E-state index contributed by atoms with van der Waals surface area (Å²) in [5.74, 6) is 0.314. The zero-order valence-corrected chi connectivity index (χ0v) is 31.7. The summed E-state index contributed by atoms with van der Waals surface area (Å²) >= 11 is 0. The maximum atomic E-state index is 11.1. The van der Waals surface area contributed by atoms with Crippen LogP contribution in [0, 0.1) is 0 Å². The van der Waals surface area contributed by atoms with Crippen molar-refractivity contribution in [3.05, 3.63) is 161 Å². The average molecular weight is 771 g/mol. The lowest BCUT2D eigenvalue weighted by molar-refractivity contribution is 0.111. The molecule has 0 saturated carbocycles. The Hall–Kier alpha value is -7.30. The van der Waals surface area contributed by atoms with Crippen molar-refractivity contribution in [2.45, 2.75) is 0 Å². The Morgan fingerprint density at radius 1 is 0.379 bits per heavy atom. The van der Waals surface area contributed by atoms with Gasteiger partial charge in [0.25, 0.3) is 0 Å². The van der Waals surface area contributed by atoms with E-state index in [4.69, 9.17) is 0 Å². The highest BCUT2D eigenvalue weighted by atomic mass is 16.3.